The van der Waals surface area contributed by atoms with Crippen LogP contribution in [-0.4, -0.2) is 34.0 Å². The van der Waals surface area contributed by atoms with E-state index >= 15 is 0 Å². The molecule has 112 valence electrons. The molecule has 1 amide bonds. The molecule has 1 unspecified atom stereocenters. The fraction of sp³-hybridized carbons (Fsp3) is 0.462. The Hall–Kier alpha value is -1.44. The third-order valence-electron chi connectivity index (χ3n) is 2.74. The lowest BCUT2D eigenvalue weighted by molar-refractivity contribution is -0.116. The third-order valence-corrected chi connectivity index (χ3v) is 4.15. The summed E-state index contributed by atoms with van der Waals surface area (Å²) in [6.45, 7) is 4.69. The van der Waals surface area contributed by atoms with Crippen molar-refractivity contribution in [2.75, 3.05) is 18.9 Å². The van der Waals surface area contributed by atoms with Gasteiger partial charge < -0.3 is 10.6 Å². The summed E-state index contributed by atoms with van der Waals surface area (Å²) in [4.78, 5) is 11.9. The molecule has 0 radical (unpaired) electrons. The van der Waals surface area contributed by atoms with Crippen molar-refractivity contribution < 1.29 is 13.2 Å². The molecule has 0 saturated carbocycles. The van der Waals surface area contributed by atoms with Crippen molar-refractivity contribution in [3.8, 4) is 0 Å². The molecule has 0 heterocycles. The van der Waals surface area contributed by atoms with Gasteiger partial charge in [-0.3, -0.25) is 4.79 Å². The van der Waals surface area contributed by atoms with Crippen LogP contribution in [0.15, 0.2) is 29.2 Å². The third kappa shape index (κ3) is 4.92. The number of sulfonamides is 1. The molecule has 1 aromatic carbocycles. The number of hydrogen-bond acceptors (Lipinski definition) is 4. The molecule has 0 spiro atoms. The molecule has 1 aromatic rings. The Kier molecular flexibility index (Phi) is 6.12. The van der Waals surface area contributed by atoms with Crippen molar-refractivity contribution >= 4 is 21.6 Å². The molecule has 0 fully saturated rings. The lowest BCUT2D eigenvalue weighted by Gasteiger charge is -2.12. The predicted molar refractivity (Wildman–Crippen MR) is 79.1 cm³/mol. The lowest BCUT2D eigenvalue weighted by atomic mass is 10.2. The molecular formula is C13H21N3O3S. The average molecular weight is 299 g/mol. The smallest absolute Gasteiger partial charge is 0.240 e. The van der Waals surface area contributed by atoms with Crippen LogP contribution in [0.1, 0.15) is 20.3 Å². The van der Waals surface area contributed by atoms with E-state index in [1.807, 2.05) is 13.8 Å². The fourth-order valence-electron chi connectivity index (χ4n) is 1.77. The number of anilines is 1. The molecule has 0 aliphatic carbocycles. The van der Waals surface area contributed by atoms with Gasteiger partial charge in [-0.15, -0.1) is 0 Å². The summed E-state index contributed by atoms with van der Waals surface area (Å²) in [5.74, 6) is -0.155. The molecule has 0 aliphatic rings. The molecule has 0 saturated heterocycles. The van der Waals surface area contributed by atoms with Crippen LogP contribution >= 0.6 is 0 Å². The zero-order chi connectivity index (χ0) is 15.2. The maximum Gasteiger partial charge on any atom is 0.240 e. The summed E-state index contributed by atoms with van der Waals surface area (Å²) in [7, 11) is -2.16. The second-order valence-electron chi connectivity index (χ2n) is 4.45. The van der Waals surface area contributed by atoms with Gasteiger partial charge in [0.05, 0.1) is 4.90 Å². The van der Waals surface area contributed by atoms with Crippen LogP contribution in [0.25, 0.3) is 0 Å². The maximum atomic E-state index is 11.8. The van der Waals surface area contributed by atoms with Gasteiger partial charge in [-0.05, 0) is 38.7 Å². The minimum absolute atomic E-state index is 0.0734. The summed E-state index contributed by atoms with van der Waals surface area (Å²) >= 11 is 0. The fourth-order valence-corrected chi connectivity index (χ4v) is 2.55. The first kappa shape index (κ1) is 16.6. The number of nitrogens with one attached hydrogen (secondary N) is 3. The van der Waals surface area contributed by atoms with E-state index in [1.54, 1.807) is 12.1 Å². The van der Waals surface area contributed by atoms with E-state index in [1.165, 1.54) is 19.2 Å². The molecule has 0 aromatic heterocycles. The Morgan fingerprint density at radius 3 is 2.65 bits per heavy atom. The van der Waals surface area contributed by atoms with Crippen LogP contribution in [0.2, 0.25) is 0 Å². The van der Waals surface area contributed by atoms with Gasteiger partial charge in [0.1, 0.15) is 0 Å². The standard InChI is InChI=1S/C13H21N3O3S/c1-4-15-10(2)8-13(17)16-11-6-5-7-12(9-11)20(18,19)14-3/h5-7,9-10,14-15H,4,8H2,1-3H3,(H,16,17). The van der Waals surface area contributed by atoms with E-state index in [2.05, 4.69) is 15.4 Å². The van der Waals surface area contributed by atoms with Crippen molar-refractivity contribution in [1.82, 2.24) is 10.0 Å². The quantitative estimate of drug-likeness (QED) is 0.699. The van der Waals surface area contributed by atoms with Crippen LogP contribution in [0.3, 0.4) is 0 Å². The molecule has 3 N–H and O–H groups in total. The first-order valence-electron chi connectivity index (χ1n) is 6.46. The molecule has 1 rings (SSSR count). The Bertz CT molecular complexity index is 558. The molecular weight excluding hydrogens is 278 g/mol. The first-order valence-corrected chi connectivity index (χ1v) is 7.94. The highest BCUT2D eigenvalue weighted by atomic mass is 32.2. The normalized spacial score (nSPS) is 12.9. The SMILES string of the molecule is CCNC(C)CC(=O)Nc1cccc(S(=O)(=O)NC)c1. The van der Waals surface area contributed by atoms with E-state index < -0.39 is 10.0 Å². The van der Waals surface area contributed by atoms with Crippen molar-refractivity contribution in [2.24, 2.45) is 0 Å². The number of rotatable bonds is 7. The van der Waals surface area contributed by atoms with Gasteiger partial charge in [-0.2, -0.15) is 0 Å². The summed E-state index contributed by atoms with van der Waals surface area (Å²) < 4.78 is 25.6. The highest BCUT2D eigenvalue weighted by molar-refractivity contribution is 7.89. The minimum atomic E-state index is -3.50. The highest BCUT2D eigenvalue weighted by Crippen LogP contribution is 2.15. The highest BCUT2D eigenvalue weighted by Gasteiger charge is 2.13. The first-order chi connectivity index (χ1) is 9.39. The van der Waals surface area contributed by atoms with E-state index in [4.69, 9.17) is 0 Å². The Labute approximate surface area is 120 Å². The minimum Gasteiger partial charge on any atom is -0.326 e. The number of benzene rings is 1. The van der Waals surface area contributed by atoms with Crippen LogP contribution in [0, 0.1) is 0 Å². The van der Waals surface area contributed by atoms with Gasteiger partial charge in [0.25, 0.3) is 0 Å². The molecule has 20 heavy (non-hydrogen) atoms. The van der Waals surface area contributed by atoms with Crippen LogP contribution in [0.4, 0.5) is 5.69 Å². The monoisotopic (exact) mass is 299 g/mol. The Balaban J connectivity index is 2.74. The van der Waals surface area contributed by atoms with Gasteiger partial charge >= 0.3 is 0 Å². The van der Waals surface area contributed by atoms with Crippen molar-refractivity contribution in [3.05, 3.63) is 24.3 Å². The van der Waals surface area contributed by atoms with Gasteiger partial charge in [0.15, 0.2) is 0 Å². The summed E-state index contributed by atoms with van der Waals surface area (Å²) in [6.07, 6.45) is 0.330. The molecule has 7 heteroatoms. The summed E-state index contributed by atoms with van der Waals surface area (Å²) in [5.41, 5.74) is 0.468. The van der Waals surface area contributed by atoms with Crippen molar-refractivity contribution in [2.45, 2.75) is 31.2 Å². The van der Waals surface area contributed by atoms with E-state index in [0.29, 0.717) is 12.1 Å². The van der Waals surface area contributed by atoms with Gasteiger partial charge in [0, 0.05) is 18.2 Å². The predicted octanol–water partition coefficient (Wildman–Crippen LogP) is 0.921. The zero-order valence-corrected chi connectivity index (χ0v) is 12.8. The topological polar surface area (TPSA) is 87.3 Å². The van der Waals surface area contributed by atoms with E-state index in [0.717, 1.165) is 6.54 Å². The number of amides is 1. The Morgan fingerprint density at radius 1 is 1.35 bits per heavy atom. The van der Waals surface area contributed by atoms with E-state index in [9.17, 15) is 13.2 Å². The van der Waals surface area contributed by atoms with E-state index in [-0.39, 0.29) is 16.8 Å². The number of carbonyl (C=O) groups excluding carboxylic acids is 1. The molecule has 1 atom stereocenters. The average Bonchev–Trinajstić information content (AvgIpc) is 2.39. The summed E-state index contributed by atoms with van der Waals surface area (Å²) in [6, 6.07) is 6.23. The number of carbonyl (C=O) groups is 1. The van der Waals surface area contributed by atoms with Gasteiger partial charge in [-0.1, -0.05) is 13.0 Å². The van der Waals surface area contributed by atoms with Crippen molar-refractivity contribution in [1.29, 1.82) is 0 Å². The lowest BCUT2D eigenvalue weighted by Crippen LogP contribution is -2.30. The van der Waals surface area contributed by atoms with Crippen LogP contribution in [-0.2, 0) is 14.8 Å². The van der Waals surface area contributed by atoms with Crippen LogP contribution in [0.5, 0.6) is 0 Å². The van der Waals surface area contributed by atoms with Crippen molar-refractivity contribution in [3.63, 3.8) is 0 Å². The maximum absolute atomic E-state index is 11.8. The largest absolute Gasteiger partial charge is 0.326 e. The number of hydrogen-bond donors (Lipinski definition) is 3. The van der Waals surface area contributed by atoms with Crippen LogP contribution < -0.4 is 15.4 Å². The van der Waals surface area contributed by atoms with Gasteiger partial charge in [0.2, 0.25) is 15.9 Å². The Morgan fingerprint density at radius 2 is 2.05 bits per heavy atom. The second-order valence-corrected chi connectivity index (χ2v) is 6.33. The summed E-state index contributed by atoms with van der Waals surface area (Å²) in [5, 5.41) is 5.84. The zero-order valence-electron chi connectivity index (χ0n) is 11.9. The molecule has 0 bridgehead atoms. The molecule has 6 nitrogen and oxygen atoms in total. The van der Waals surface area contributed by atoms with Gasteiger partial charge in [-0.25, -0.2) is 13.1 Å². The molecule has 0 aliphatic heterocycles. The second kappa shape index (κ2) is 7.37.